The topological polar surface area (TPSA) is 99.4 Å². The molecular formula is C26H34O6. The first-order valence-corrected chi connectivity index (χ1v) is 11.1. The van der Waals surface area contributed by atoms with Crippen LogP contribution in [-0.4, -0.2) is 56.0 Å². The molecule has 32 heavy (non-hydrogen) atoms. The molecule has 0 saturated heterocycles. The van der Waals surface area contributed by atoms with Crippen LogP contribution in [0.4, 0.5) is 0 Å². The van der Waals surface area contributed by atoms with Crippen LogP contribution >= 0.6 is 0 Å². The van der Waals surface area contributed by atoms with Crippen molar-refractivity contribution in [3.63, 3.8) is 0 Å². The Labute approximate surface area is 189 Å². The Hall–Kier alpha value is -1.80. The SMILES string of the molecule is CC1(C)C(O)[C@@]1(O)[C@@H](OCc1ccccc1)[C@H](OCc1ccccc1)[C@]1(O)C(O)C1(C)C. The average Bonchev–Trinajstić information content (AvgIpc) is 3.38. The monoisotopic (exact) mass is 442 g/mol. The van der Waals surface area contributed by atoms with Crippen molar-refractivity contribution in [2.75, 3.05) is 0 Å². The van der Waals surface area contributed by atoms with Gasteiger partial charge in [0.1, 0.15) is 23.4 Å². The molecule has 6 atom stereocenters. The van der Waals surface area contributed by atoms with Gasteiger partial charge < -0.3 is 29.9 Å². The molecule has 0 heterocycles. The van der Waals surface area contributed by atoms with E-state index < -0.39 is 46.4 Å². The summed E-state index contributed by atoms with van der Waals surface area (Å²) in [5.74, 6) is 0. The Bertz CT molecular complexity index is 852. The minimum atomic E-state index is -1.64. The molecule has 2 aromatic carbocycles. The summed E-state index contributed by atoms with van der Waals surface area (Å²) in [6, 6.07) is 19.0. The molecule has 4 rings (SSSR count). The Morgan fingerprint density at radius 2 is 0.938 bits per heavy atom. The van der Waals surface area contributed by atoms with Crippen molar-refractivity contribution in [2.24, 2.45) is 10.8 Å². The van der Waals surface area contributed by atoms with Crippen LogP contribution in [0.25, 0.3) is 0 Å². The highest BCUT2D eigenvalue weighted by atomic mass is 16.6. The maximum Gasteiger partial charge on any atom is 0.127 e. The lowest BCUT2D eigenvalue weighted by Gasteiger charge is -2.37. The first-order chi connectivity index (χ1) is 15.0. The van der Waals surface area contributed by atoms with E-state index in [0.29, 0.717) is 0 Å². The highest BCUT2D eigenvalue weighted by Crippen LogP contribution is 2.65. The highest BCUT2D eigenvalue weighted by Gasteiger charge is 2.82. The van der Waals surface area contributed by atoms with Gasteiger partial charge in [-0.05, 0) is 11.1 Å². The lowest BCUT2D eigenvalue weighted by Crippen LogP contribution is -2.54. The van der Waals surface area contributed by atoms with Gasteiger partial charge in [0.2, 0.25) is 0 Å². The van der Waals surface area contributed by atoms with E-state index >= 15 is 0 Å². The van der Waals surface area contributed by atoms with Gasteiger partial charge in [0.05, 0.1) is 25.4 Å². The van der Waals surface area contributed by atoms with Crippen LogP contribution in [-0.2, 0) is 22.7 Å². The van der Waals surface area contributed by atoms with Gasteiger partial charge in [-0.1, -0.05) is 88.4 Å². The molecule has 2 aromatic rings. The summed E-state index contributed by atoms with van der Waals surface area (Å²) in [6.07, 6.45) is -4.25. The highest BCUT2D eigenvalue weighted by molar-refractivity contribution is 5.32. The molecule has 0 bridgehead atoms. The van der Waals surface area contributed by atoms with Crippen molar-refractivity contribution >= 4 is 0 Å². The Morgan fingerprint density at radius 3 is 1.19 bits per heavy atom. The summed E-state index contributed by atoms with van der Waals surface area (Å²) in [4.78, 5) is 0. The van der Waals surface area contributed by atoms with Gasteiger partial charge >= 0.3 is 0 Å². The molecule has 0 aromatic heterocycles. The van der Waals surface area contributed by atoms with Gasteiger partial charge in [0, 0.05) is 10.8 Å². The van der Waals surface area contributed by atoms with E-state index in [1.165, 1.54) is 0 Å². The smallest absolute Gasteiger partial charge is 0.127 e. The first kappa shape index (κ1) is 23.4. The minimum Gasteiger partial charge on any atom is -0.389 e. The third kappa shape index (κ3) is 3.41. The fraction of sp³-hybridized carbons (Fsp3) is 0.538. The van der Waals surface area contributed by atoms with Crippen LogP contribution in [0.15, 0.2) is 60.7 Å². The summed E-state index contributed by atoms with van der Waals surface area (Å²) in [7, 11) is 0. The summed E-state index contributed by atoms with van der Waals surface area (Å²) in [6.45, 7) is 7.34. The molecule has 4 N–H and O–H groups in total. The zero-order chi connectivity index (χ0) is 23.4. The molecule has 0 amide bonds. The van der Waals surface area contributed by atoms with E-state index in [-0.39, 0.29) is 13.2 Å². The molecule has 2 unspecified atom stereocenters. The van der Waals surface area contributed by atoms with Gasteiger partial charge in [-0.2, -0.15) is 0 Å². The molecule has 0 aliphatic heterocycles. The lowest BCUT2D eigenvalue weighted by molar-refractivity contribution is -0.202. The summed E-state index contributed by atoms with van der Waals surface area (Å²) in [5, 5.41) is 44.4. The molecule has 2 aliphatic carbocycles. The summed E-state index contributed by atoms with van der Waals surface area (Å²) >= 11 is 0. The van der Waals surface area contributed by atoms with Crippen LogP contribution in [0.3, 0.4) is 0 Å². The summed E-state index contributed by atoms with van der Waals surface area (Å²) < 4.78 is 12.4. The second-order valence-corrected chi connectivity index (χ2v) is 10.3. The zero-order valence-electron chi connectivity index (χ0n) is 19.1. The van der Waals surface area contributed by atoms with Crippen molar-refractivity contribution in [3.8, 4) is 0 Å². The molecule has 2 saturated carbocycles. The van der Waals surface area contributed by atoms with Crippen LogP contribution in [0.1, 0.15) is 38.8 Å². The Morgan fingerprint density at radius 1 is 0.656 bits per heavy atom. The van der Waals surface area contributed by atoms with Crippen molar-refractivity contribution in [2.45, 2.75) is 76.5 Å². The molecule has 0 radical (unpaired) electrons. The predicted octanol–water partition coefficient (Wildman–Crippen LogP) is 2.42. The van der Waals surface area contributed by atoms with Gasteiger partial charge in [0.15, 0.2) is 0 Å². The molecule has 2 fully saturated rings. The molecule has 6 nitrogen and oxygen atoms in total. The van der Waals surface area contributed by atoms with E-state index in [1.807, 2.05) is 60.7 Å². The second-order valence-electron chi connectivity index (χ2n) is 10.3. The van der Waals surface area contributed by atoms with E-state index in [1.54, 1.807) is 27.7 Å². The lowest BCUT2D eigenvalue weighted by atomic mass is 9.90. The van der Waals surface area contributed by atoms with E-state index in [9.17, 15) is 20.4 Å². The van der Waals surface area contributed by atoms with Gasteiger partial charge in [-0.15, -0.1) is 0 Å². The van der Waals surface area contributed by atoms with E-state index in [4.69, 9.17) is 9.47 Å². The number of aliphatic hydroxyl groups is 4. The number of aliphatic hydroxyl groups excluding tert-OH is 2. The van der Waals surface area contributed by atoms with Crippen molar-refractivity contribution in [1.82, 2.24) is 0 Å². The average molecular weight is 443 g/mol. The third-order valence-corrected chi connectivity index (χ3v) is 7.79. The largest absolute Gasteiger partial charge is 0.389 e. The molecule has 6 heteroatoms. The van der Waals surface area contributed by atoms with Crippen LogP contribution in [0.5, 0.6) is 0 Å². The van der Waals surface area contributed by atoms with Crippen LogP contribution < -0.4 is 0 Å². The Kier molecular flexibility index (Phi) is 5.77. The maximum atomic E-state index is 11.5. The third-order valence-electron chi connectivity index (χ3n) is 7.79. The maximum absolute atomic E-state index is 11.5. The fourth-order valence-corrected chi connectivity index (χ4v) is 4.95. The molecule has 174 valence electrons. The zero-order valence-corrected chi connectivity index (χ0v) is 19.1. The van der Waals surface area contributed by atoms with Gasteiger partial charge in [-0.25, -0.2) is 0 Å². The quantitative estimate of drug-likeness (QED) is 0.476. The van der Waals surface area contributed by atoms with Gasteiger partial charge in [0.25, 0.3) is 0 Å². The standard InChI is InChI=1S/C26H34O6/c1-23(2)21(27)25(23,29)19(31-15-17-11-7-5-8-12-17)20(26(30)22(28)24(26,3)4)32-16-18-13-9-6-10-14-18/h5-14,19-22,27-30H,15-16H2,1-4H3/t19-,20-,21?,22?,25-,26-/m0/s1. The van der Waals surface area contributed by atoms with Gasteiger partial charge in [-0.3, -0.25) is 0 Å². The number of rotatable bonds is 9. The Balaban J connectivity index is 1.67. The number of benzene rings is 2. The number of ether oxygens (including phenoxy) is 2. The number of hydrogen-bond donors (Lipinski definition) is 4. The first-order valence-electron chi connectivity index (χ1n) is 11.1. The fourth-order valence-electron chi connectivity index (χ4n) is 4.95. The van der Waals surface area contributed by atoms with Crippen LogP contribution in [0.2, 0.25) is 0 Å². The molecule has 0 spiro atoms. The van der Waals surface area contributed by atoms with E-state index in [2.05, 4.69) is 0 Å². The van der Waals surface area contributed by atoms with Crippen molar-refractivity contribution in [3.05, 3.63) is 71.8 Å². The molecule has 2 aliphatic rings. The summed E-state index contributed by atoms with van der Waals surface area (Å²) in [5.41, 5.74) is -3.22. The van der Waals surface area contributed by atoms with Crippen molar-refractivity contribution < 1.29 is 29.9 Å². The molecular weight excluding hydrogens is 408 g/mol. The predicted molar refractivity (Wildman–Crippen MR) is 120 cm³/mol. The number of hydrogen-bond acceptors (Lipinski definition) is 6. The van der Waals surface area contributed by atoms with E-state index in [0.717, 1.165) is 11.1 Å². The van der Waals surface area contributed by atoms with Crippen molar-refractivity contribution in [1.29, 1.82) is 0 Å². The normalized spacial score (nSPS) is 34.0. The van der Waals surface area contributed by atoms with Crippen LogP contribution in [0, 0.1) is 10.8 Å². The second kappa shape index (κ2) is 7.90. The minimum absolute atomic E-state index is 0.161.